The summed E-state index contributed by atoms with van der Waals surface area (Å²) in [5, 5.41) is 0. The minimum Gasteiger partial charge on any atom is -0.481 e. The van der Waals surface area contributed by atoms with Crippen molar-refractivity contribution in [2.75, 3.05) is 13.1 Å². The predicted octanol–water partition coefficient (Wildman–Crippen LogP) is 1.89. The minimum atomic E-state index is -0.899. The Balaban J connectivity index is 1.47. The van der Waals surface area contributed by atoms with Crippen LogP contribution in [0.1, 0.15) is 30.3 Å². The zero-order valence-corrected chi connectivity index (χ0v) is 15.9. The number of carbonyl (C=O) groups is 3. The summed E-state index contributed by atoms with van der Waals surface area (Å²) < 4.78 is 23.4. The van der Waals surface area contributed by atoms with Gasteiger partial charge in [0.25, 0.3) is 11.8 Å². The molecule has 1 aromatic carbocycles. The molecule has 3 rings (SSSR count). The summed E-state index contributed by atoms with van der Waals surface area (Å²) in [6.45, 7) is 2.29. The van der Waals surface area contributed by atoms with E-state index in [9.17, 15) is 18.8 Å². The first-order valence-corrected chi connectivity index (χ1v) is 9.28. The molecule has 1 aromatic heterocycles. The Hall–Kier alpha value is -3.36. The quantitative estimate of drug-likeness (QED) is 0.743. The number of rotatable bonds is 5. The average Bonchev–Trinajstić information content (AvgIpc) is 3.27. The largest absolute Gasteiger partial charge is 0.481 e. The Morgan fingerprint density at radius 2 is 1.97 bits per heavy atom. The molecule has 2 aromatic rings. The van der Waals surface area contributed by atoms with E-state index in [0.717, 1.165) is 0 Å². The van der Waals surface area contributed by atoms with E-state index in [1.807, 2.05) is 0 Å². The Bertz CT molecular complexity index is 854. The Kier molecular flexibility index (Phi) is 6.48. The van der Waals surface area contributed by atoms with Crippen LogP contribution in [-0.4, -0.2) is 41.8 Å². The average molecular weight is 403 g/mol. The molecule has 1 aliphatic heterocycles. The van der Waals surface area contributed by atoms with Gasteiger partial charge in [-0.15, -0.1) is 0 Å². The van der Waals surface area contributed by atoms with Crippen molar-refractivity contribution in [2.45, 2.75) is 25.9 Å². The highest BCUT2D eigenvalue weighted by molar-refractivity contribution is 5.92. The van der Waals surface area contributed by atoms with Crippen LogP contribution in [0.25, 0.3) is 0 Å². The number of nitrogens with zero attached hydrogens (tertiary/aromatic N) is 1. The molecule has 2 N–H and O–H groups in total. The first-order valence-electron chi connectivity index (χ1n) is 9.28. The maximum atomic E-state index is 12.9. The zero-order valence-electron chi connectivity index (χ0n) is 15.9. The second-order valence-electron chi connectivity index (χ2n) is 6.76. The van der Waals surface area contributed by atoms with Crippen LogP contribution < -0.4 is 15.6 Å². The SMILES string of the molecule is C[C@H](Oc1ccc(F)cc1)C(=O)NNC(=O)[C@@H]1CCCN(C(=O)c2ccco2)C1. The Labute approximate surface area is 167 Å². The van der Waals surface area contributed by atoms with Gasteiger partial charge in [0.15, 0.2) is 11.9 Å². The lowest BCUT2D eigenvalue weighted by atomic mass is 9.97. The molecule has 0 spiro atoms. The number of likely N-dealkylation sites (tertiary alicyclic amines) is 1. The molecule has 9 heteroatoms. The van der Waals surface area contributed by atoms with Gasteiger partial charge < -0.3 is 14.1 Å². The van der Waals surface area contributed by atoms with Crippen molar-refractivity contribution in [3.8, 4) is 5.75 Å². The number of hydrogen-bond donors (Lipinski definition) is 2. The maximum Gasteiger partial charge on any atom is 0.289 e. The number of carbonyl (C=O) groups excluding carboxylic acids is 3. The third-order valence-corrected chi connectivity index (χ3v) is 4.62. The summed E-state index contributed by atoms with van der Waals surface area (Å²) in [6, 6.07) is 8.47. The fraction of sp³-hybridized carbons (Fsp3) is 0.350. The standard InChI is InChI=1S/C20H22FN3O5/c1-13(29-16-8-6-15(21)7-9-16)18(25)22-23-19(26)14-4-2-10-24(12-14)20(27)17-5-3-11-28-17/h3,5-9,11,13-14H,2,4,10,12H2,1H3,(H,22,25)(H,23,26)/t13-,14+/m0/s1. The third kappa shape index (κ3) is 5.34. The molecule has 3 amide bonds. The van der Waals surface area contributed by atoms with Crippen LogP contribution in [0.3, 0.4) is 0 Å². The van der Waals surface area contributed by atoms with Crippen molar-refractivity contribution in [3.05, 3.63) is 54.2 Å². The molecule has 2 atom stereocenters. The summed E-state index contributed by atoms with van der Waals surface area (Å²) in [5.74, 6) is -1.50. The van der Waals surface area contributed by atoms with E-state index in [-0.39, 0.29) is 24.1 Å². The lowest BCUT2D eigenvalue weighted by Gasteiger charge is -2.31. The number of ether oxygens (including phenoxy) is 1. The smallest absolute Gasteiger partial charge is 0.289 e. The van der Waals surface area contributed by atoms with Gasteiger partial charge in [-0.2, -0.15) is 0 Å². The maximum absolute atomic E-state index is 12.9. The van der Waals surface area contributed by atoms with Gasteiger partial charge in [-0.25, -0.2) is 4.39 Å². The summed E-state index contributed by atoms with van der Waals surface area (Å²) in [4.78, 5) is 38.5. The Morgan fingerprint density at radius 1 is 1.21 bits per heavy atom. The molecule has 29 heavy (non-hydrogen) atoms. The minimum absolute atomic E-state index is 0.228. The van der Waals surface area contributed by atoms with Gasteiger partial charge >= 0.3 is 0 Å². The van der Waals surface area contributed by atoms with Crippen molar-refractivity contribution >= 4 is 17.7 Å². The topological polar surface area (TPSA) is 101 Å². The second kappa shape index (κ2) is 9.22. The lowest BCUT2D eigenvalue weighted by molar-refractivity contribution is -0.135. The highest BCUT2D eigenvalue weighted by Gasteiger charge is 2.30. The Morgan fingerprint density at radius 3 is 2.66 bits per heavy atom. The van der Waals surface area contributed by atoms with Crippen LogP contribution in [-0.2, 0) is 9.59 Å². The van der Waals surface area contributed by atoms with Gasteiger partial charge in [-0.1, -0.05) is 0 Å². The summed E-state index contributed by atoms with van der Waals surface area (Å²) in [7, 11) is 0. The number of nitrogens with one attached hydrogen (secondary N) is 2. The van der Waals surface area contributed by atoms with E-state index in [2.05, 4.69) is 10.9 Å². The van der Waals surface area contributed by atoms with Crippen molar-refractivity contribution in [1.29, 1.82) is 0 Å². The lowest BCUT2D eigenvalue weighted by Crippen LogP contribution is -2.52. The number of hydrazine groups is 1. The van der Waals surface area contributed by atoms with Crippen LogP contribution in [0, 0.1) is 11.7 Å². The first kappa shape index (κ1) is 20.4. The van der Waals surface area contributed by atoms with Gasteiger partial charge in [0.1, 0.15) is 11.6 Å². The molecule has 0 aliphatic carbocycles. The van der Waals surface area contributed by atoms with Gasteiger partial charge in [0.05, 0.1) is 12.2 Å². The number of hydrogen-bond acceptors (Lipinski definition) is 5. The van der Waals surface area contributed by atoms with Crippen LogP contribution in [0.2, 0.25) is 0 Å². The molecule has 0 saturated carbocycles. The molecular formula is C20H22FN3O5. The van der Waals surface area contributed by atoms with Crippen LogP contribution in [0.4, 0.5) is 4.39 Å². The fourth-order valence-corrected chi connectivity index (χ4v) is 3.03. The second-order valence-corrected chi connectivity index (χ2v) is 6.76. The summed E-state index contributed by atoms with van der Waals surface area (Å²) in [5.41, 5.74) is 4.71. The van der Waals surface area contributed by atoms with E-state index in [4.69, 9.17) is 9.15 Å². The van der Waals surface area contributed by atoms with Crippen LogP contribution in [0.15, 0.2) is 47.1 Å². The van der Waals surface area contributed by atoms with E-state index in [1.165, 1.54) is 37.5 Å². The summed E-state index contributed by atoms with van der Waals surface area (Å²) >= 11 is 0. The normalized spacial score (nSPS) is 17.3. The van der Waals surface area contributed by atoms with E-state index in [1.54, 1.807) is 17.0 Å². The van der Waals surface area contributed by atoms with Gasteiger partial charge in [-0.05, 0) is 56.2 Å². The number of amides is 3. The van der Waals surface area contributed by atoms with Crippen LogP contribution in [0.5, 0.6) is 5.75 Å². The van der Waals surface area contributed by atoms with E-state index >= 15 is 0 Å². The molecule has 1 aliphatic rings. The van der Waals surface area contributed by atoms with E-state index in [0.29, 0.717) is 25.1 Å². The predicted molar refractivity (Wildman–Crippen MR) is 100 cm³/mol. The highest BCUT2D eigenvalue weighted by Crippen LogP contribution is 2.19. The van der Waals surface area contributed by atoms with Crippen molar-refractivity contribution in [2.24, 2.45) is 5.92 Å². The highest BCUT2D eigenvalue weighted by atomic mass is 19.1. The van der Waals surface area contributed by atoms with E-state index < -0.39 is 23.7 Å². The van der Waals surface area contributed by atoms with Gasteiger partial charge in [-0.3, -0.25) is 25.2 Å². The van der Waals surface area contributed by atoms with Gasteiger partial charge in [0, 0.05) is 13.1 Å². The molecule has 0 radical (unpaired) electrons. The number of furan rings is 1. The first-order chi connectivity index (χ1) is 13.9. The van der Waals surface area contributed by atoms with Crippen molar-refractivity contribution in [3.63, 3.8) is 0 Å². The molecule has 1 saturated heterocycles. The molecule has 8 nitrogen and oxygen atoms in total. The fourth-order valence-electron chi connectivity index (χ4n) is 3.03. The molecule has 1 fully saturated rings. The number of benzene rings is 1. The number of piperidine rings is 1. The molecule has 0 bridgehead atoms. The van der Waals surface area contributed by atoms with Crippen molar-refractivity contribution < 1.29 is 27.9 Å². The monoisotopic (exact) mass is 403 g/mol. The number of halogens is 1. The third-order valence-electron chi connectivity index (χ3n) is 4.62. The zero-order chi connectivity index (χ0) is 20.8. The van der Waals surface area contributed by atoms with Crippen molar-refractivity contribution in [1.82, 2.24) is 15.8 Å². The molecule has 0 unspecified atom stereocenters. The molecular weight excluding hydrogens is 381 g/mol. The molecule has 2 heterocycles. The van der Waals surface area contributed by atoms with Crippen LogP contribution >= 0.6 is 0 Å². The summed E-state index contributed by atoms with van der Waals surface area (Å²) in [6.07, 6.45) is 1.80. The van der Waals surface area contributed by atoms with Gasteiger partial charge in [0.2, 0.25) is 5.91 Å². The molecule has 154 valence electrons.